The summed E-state index contributed by atoms with van der Waals surface area (Å²) in [7, 11) is 0. The molecule has 1 N–H and O–H groups in total. The Kier molecular flexibility index (Phi) is 5.14. The number of hydrogen-bond acceptors (Lipinski definition) is 3. The fourth-order valence-corrected chi connectivity index (χ4v) is 2.50. The Labute approximate surface area is 146 Å². The molecule has 0 aliphatic carbocycles. The summed E-state index contributed by atoms with van der Waals surface area (Å²) in [5.74, 6) is -0.922. The van der Waals surface area contributed by atoms with E-state index in [1.54, 1.807) is 0 Å². The number of nitro benzene ring substituents is 1. The van der Waals surface area contributed by atoms with Crippen LogP contribution < -0.4 is 5.32 Å². The van der Waals surface area contributed by atoms with E-state index in [0.717, 1.165) is 24.3 Å². The van der Waals surface area contributed by atoms with Crippen LogP contribution in [0.3, 0.4) is 0 Å². The zero-order valence-electron chi connectivity index (χ0n) is 11.5. The van der Waals surface area contributed by atoms with Crippen LogP contribution >= 0.6 is 27.5 Å². The third kappa shape index (κ3) is 4.04. The summed E-state index contributed by atoms with van der Waals surface area (Å²) in [6.45, 7) is 0. The molecule has 0 unspecified atom stereocenters. The molecule has 24 heavy (non-hydrogen) atoms. The maximum atomic E-state index is 12.9. The van der Waals surface area contributed by atoms with Crippen LogP contribution in [0.4, 0.5) is 24.5 Å². The largest absolute Gasteiger partial charge is 0.417 e. The van der Waals surface area contributed by atoms with E-state index in [0.29, 0.717) is 0 Å². The number of amides is 1. The summed E-state index contributed by atoms with van der Waals surface area (Å²) >= 11 is 8.43. The Morgan fingerprint density at radius 2 is 1.88 bits per heavy atom. The van der Waals surface area contributed by atoms with E-state index in [2.05, 4.69) is 21.2 Å². The van der Waals surface area contributed by atoms with Gasteiger partial charge in [0.1, 0.15) is 5.56 Å². The van der Waals surface area contributed by atoms with Crippen molar-refractivity contribution in [3.63, 3.8) is 0 Å². The van der Waals surface area contributed by atoms with Crippen LogP contribution in [0, 0.1) is 10.1 Å². The second kappa shape index (κ2) is 6.78. The lowest BCUT2D eigenvalue weighted by molar-refractivity contribution is -0.385. The van der Waals surface area contributed by atoms with Crippen molar-refractivity contribution in [2.75, 3.05) is 5.32 Å². The van der Waals surface area contributed by atoms with Gasteiger partial charge in [-0.1, -0.05) is 27.5 Å². The van der Waals surface area contributed by atoms with Gasteiger partial charge in [0.25, 0.3) is 11.6 Å². The van der Waals surface area contributed by atoms with Gasteiger partial charge in [-0.15, -0.1) is 0 Å². The Morgan fingerprint density at radius 3 is 2.46 bits per heavy atom. The first-order valence-corrected chi connectivity index (χ1v) is 7.38. The highest BCUT2D eigenvalue weighted by atomic mass is 79.9. The molecule has 5 nitrogen and oxygen atoms in total. The van der Waals surface area contributed by atoms with Crippen molar-refractivity contribution in [3.05, 3.63) is 67.1 Å². The van der Waals surface area contributed by atoms with E-state index in [1.165, 1.54) is 12.1 Å². The van der Waals surface area contributed by atoms with Gasteiger partial charge in [0, 0.05) is 21.2 Å². The summed E-state index contributed by atoms with van der Waals surface area (Å²) in [6.07, 6.45) is -4.62. The molecule has 10 heteroatoms. The van der Waals surface area contributed by atoms with Crippen molar-refractivity contribution in [1.82, 2.24) is 0 Å². The van der Waals surface area contributed by atoms with Crippen molar-refractivity contribution in [2.24, 2.45) is 0 Å². The fourth-order valence-electron chi connectivity index (χ4n) is 1.87. The molecule has 2 aromatic rings. The molecule has 1 amide bonds. The van der Waals surface area contributed by atoms with Crippen molar-refractivity contribution in [2.45, 2.75) is 6.18 Å². The van der Waals surface area contributed by atoms with E-state index >= 15 is 0 Å². The first-order chi connectivity index (χ1) is 11.1. The minimum absolute atomic E-state index is 0.0567. The van der Waals surface area contributed by atoms with E-state index in [-0.39, 0.29) is 20.7 Å². The Morgan fingerprint density at radius 1 is 1.21 bits per heavy atom. The van der Waals surface area contributed by atoms with Crippen molar-refractivity contribution in [3.8, 4) is 0 Å². The lowest BCUT2D eigenvalue weighted by Gasteiger charge is -2.12. The molecule has 2 aromatic carbocycles. The van der Waals surface area contributed by atoms with Gasteiger partial charge in [-0.2, -0.15) is 13.2 Å². The maximum absolute atomic E-state index is 12.9. The quantitative estimate of drug-likeness (QED) is 0.539. The number of hydrogen-bond donors (Lipinski definition) is 1. The third-order valence-corrected chi connectivity index (χ3v) is 3.86. The van der Waals surface area contributed by atoms with Crippen LogP contribution in [-0.4, -0.2) is 10.8 Å². The molecule has 0 saturated carbocycles. The van der Waals surface area contributed by atoms with Gasteiger partial charge in [0.2, 0.25) is 0 Å². The van der Waals surface area contributed by atoms with Gasteiger partial charge < -0.3 is 5.32 Å². The predicted molar refractivity (Wildman–Crippen MR) is 85.2 cm³/mol. The van der Waals surface area contributed by atoms with Gasteiger partial charge in [-0.25, -0.2) is 0 Å². The van der Waals surface area contributed by atoms with Crippen molar-refractivity contribution < 1.29 is 22.9 Å². The number of carbonyl (C=O) groups excluding carboxylic acids is 1. The van der Waals surface area contributed by atoms with Crippen LogP contribution in [0.2, 0.25) is 5.02 Å². The number of nitro groups is 1. The van der Waals surface area contributed by atoms with Crippen LogP contribution in [0.5, 0.6) is 0 Å². The highest BCUT2D eigenvalue weighted by molar-refractivity contribution is 9.10. The first-order valence-electron chi connectivity index (χ1n) is 6.21. The Bertz CT molecular complexity index is 827. The standard InChI is InChI=1S/C14H7BrClF3N2O3/c15-11-4-2-8(6-10(11)14(17,18)19)20-13(22)9-3-1-7(16)5-12(9)21(23)24/h1-6H,(H,20,22). The number of anilines is 1. The summed E-state index contributed by atoms with van der Waals surface area (Å²) < 4.78 is 38.4. The predicted octanol–water partition coefficient (Wildman–Crippen LogP) is 5.28. The monoisotopic (exact) mass is 422 g/mol. The SMILES string of the molecule is O=C(Nc1ccc(Br)c(C(F)(F)F)c1)c1ccc(Cl)cc1[N+](=O)[O-]. The first kappa shape index (κ1) is 18.2. The molecular weight excluding hydrogens is 417 g/mol. The molecule has 0 saturated heterocycles. The molecule has 0 atom stereocenters. The van der Waals surface area contributed by atoms with Gasteiger partial charge in [-0.3, -0.25) is 14.9 Å². The van der Waals surface area contributed by atoms with Gasteiger partial charge in [0.05, 0.1) is 10.5 Å². The van der Waals surface area contributed by atoms with Crippen LogP contribution in [0.15, 0.2) is 40.9 Å². The average molecular weight is 424 g/mol. The van der Waals surface area contributed by atoms with E-state index in [4.69, 9.17) is 11.6 Å². The third-order valence-electron chi connectivity index (χ3n) is 2.93. The fraction of sp³-hybridized carbons (Fsp3) is 0.0714. The minimum Gasteiger partial charge on any atom is -0.322 e. The minimum atomic E-state index is -4.62. The van der Waals surface area contributed by atoms with Gasteiger partial charge in [0.15, 0.2) is 0 Å². The Hall–Kier alpha value is -2.13. The number of alkyl halides is 3. The number of carbonyl (C=O) groups is 1. The lowest BCUT2D eigenvalue weighted by atomic mass is 10.1. The van der Waals surface area contributed by atoms with Gasteiger partial charge >= 0.3 is 6.18 Å². The van der Waals surface area contributed by atoms with Crippen molar-refractivity contribution >= 4 is 44.8 Å². The molecule has 2 rings (SSSR count). The van der Waals surface area contributed by atoms with Crippen LogP contribution in [0.1, 0.15) is 15.9 Å². The lowest BCUT2D eigenvalue weighted by Crippen LogP contribution is -2.15. The molecule has 0 heterocycles. The molecule has 0 aliphatic rings. The summed E-state index contributed by atoms with van der Waals surface area (Å²) in [6, 6.07) is 6.46. The molecule has 126 valence electrons. The highest BCUT2D eigenvalue weighted by Crippen LogP contribution is 2.36. The Balaban J connectivity index is 2.36. The summed E-state index contributed by atoms with van der Waals surface area (Å²) in [5, 5.41) is 13.2. The van der Waals surface area contributed by atoms with E-state index in [9.17, 15) is 28.1 Å². The number of benzene rings is 2. The second-order valence-corrected chi connectivity index (χ2v) is 5.86. The van der Waals surface area contributed by atoms with Crippen LogP contribution in [-0.2, 0) is 6.18 Å². The number of rotatable bonds is 3. The number of nitrogens with zero attached hydrogens (tertiary/aromatic N) is 1. The molecule has 0 bridgehead atoms. The molecular formula is C14H7BrClF3N2O3. The van der Waals surface area contributed by atoms with Crippen LogP contribution in [0.25, 0.3) is 0 Å². The summed E-state index contributed by atoms with van der Waals surface area (Å²) in [5.41, 5.74) is -2.00. The van der Waals surface area contributed by atoms with Gasteiger partial charge in [-0.05, 0) is 30.3 Å². The molecule has 0 radical (unpaired) electrons. The summed E-state index contributed by atoms with van der Waals surface area (Å²) in [4.78, 5) is 22.3. The maximum Gasteiger partial charge on any atom is 0.417 e. The molecule has 0 aliphatic heterocycles. The smallest absolute Gasteiger partial charge is 0.322 e. The van der Waals surface area contributed by atoms with E-state index in [1.807, 2.05) is 0 Å². The molecule has 0 aromatic heterocycles. The number of halogens is 5. The molecule has 0 spiro atoms. The normalized spacial score (nSPS) is 11.2. The zero-order valence-corrected chi connectivity index (χ0v) is 13.9. The second-order valence-electron chi connectivity index (χ2n) is 4.57. The molecule has 0 fully saturated rings. The van der Waals surface area contributed by atoms with E-state index < -0.39 is 28.3 Å². The zero-order chi connectivity index (χ0) is 18.1. The average Bonchev–Trinajstić information content (AvgIpc) is 2.47. The topological polar surface area (TPSA) is 72.2 Å². The highest BCUT2D eigenvalue weighted by Gasteiger charge is 2.33. The van der Waals surface area contributed by atoms with Crippen molar-refractivity contribution in [1.29, 1.82) is 0 Å². The number of nitrogens with one attached hydrogen (secondary N) is 1.